The molecular weight excluding hydrogens is 342 g/mol. The molecule has 0 fully saturated rings. The maximum absolute atomic E-state index is 8.62. The first-order valence-corrected chi connectivity index (χ1v) is 8.06. The Kier molecular flexibility index (Phi) is 7.16. The van der Waals surface area contributed by atoms with Crippen LogP contribution >= 0.6 is 11.6 Å². The fourth-order valence-electron chi connectivity index (χ4n) is 2.29. The highest BCUT2D eigenvalue weighted by Gasteiger charge is 2.12. The summed E-state index contributed by atoms with van der Waals surface area (Å²) in [5.74, 6) is 1.68. The number of hydrogen-bond donors (Lipinski definition) is 1. The number of halogens is 1. The minimum atomic E-state index is 0.298. The normalized spacial score (nSPS) is 10.6. The number of para-hydroxylation sites is 1. The number of allylic oxidation sites excluding steroid dienone is 1. The van der Waals surface area contributed by atoms with Crippen LogP contribution in [0.15, 0.2) is 54.2 Å². The Morgan fingerprint density at radius 1 is 1.16 bits per heavy atom. The van der Waals surface area contributed by atoms with Gasteiger partial charge in [-0.05, 0) is 30.2 Å². The van der Waals surface area contributed by atoms with E-state index < -0.39 is 0 Å². The van der Waals surface area contributed by atoms with Gasteiger partial charge in [-0.15, -0.1) is 6.58 Å². The Balaban J connectivity index is 1.99. The highest BCUT2D eigenvalue weighted by molar-refractivity contribution is 6.32. The fraction of sp³-hybridized carbons (Fsp3) is 0.211. The van der Waals surface area contributed by atoms with Gasteiger partial charge < -0.3 is 19.4 Å². The van der Waals surface area contributed by atoms with Gasteiger partial charge in [0.05, 0.1) is 18.3 Å². The molecule has 0 atom stereocenters. The molecular formula is C19H20ClNO4. The van der Waals surface area contributed by atoms with Crippen LogP contribution in [0.1, 0.15) is 11.1 Å². The highest BCUT2D eigenvalue weighted by atomic mass is 35.5. The summed E-state index contributed by atoms with van der Waals surface area (Å²) in [6.07, 6.45) is 3.84. The first kappa shape index (κ1) is 18.7. The second kappa shape index (κ2) is 9.59. The number of methoxy groups -OCH3 is 1. The Morgan fingerprint density at radius 3 is 2.64 bits per heavy atom. The van der Waals surface area contributed by atoms with Crippen molar-refractivity contribution in [3.8, 4) is 17.2 Å². The van der Waals surface area contributed by atoms with Crippen LogP contribution in [0.3, 0.4) is 0 Å². The van der Waals surface area contributed by atoms with Gasteiger partial charge in [0.15, 0.2) is 11.5 Å². The largest absolute Gasteiger partial charge is 0.493 e. The molecule has 0 aliphatic rings. The molecule has 2 rings (SSSR count). The lowest BCUT2D eigenvalue weighted by Gasteiger charge is -2.14. The van der Waals surface area contributed by atoms with Gasteiger partial charge in [-0.1, -0.05) is 41.0 Å². The van der Waals surface area contributed by atoms with E-state index in [1.54, 1.807) is 12.1 Å². The smallest absolute Gasteiger partial charge is 0.179 e. The number of ether oxygens (including phenoxy) is 3. The monoisotopic (exact) mass is 361 g/mol. The summed E-state index contributed by atoms with van der Waals surface area (Å²) in [4.78, 5) is 0. The van der Waals surface area contributed by atoms with E-state index in [9.17, 15) is 0 Å². The van der Waals surface area contributed by atoms with Gasteiger partial charge in [0.25, 0.3) is 0 Å². The molecule has 0 aliphatic carbocycles. The van der Waals surface area contributed by atoms with E-state index in [1.165, 1.54) is 13.3 Å². The summed E-state index contributed by atoms with van der Waals surface area (Å²) in [5.41, 5.74) is 1.67. The molecule has 0 unspecified atom stereocenters. The lowest BCUT2D eigenvalue weighted by atomic mass is 10.1. The Labute approximate surface area is 152 Å². The Bertz CT molecular complexity index is 746. The maximum atomic E-state index is 8.62. The molecule has 0 saturated heterocycles. The van der Waals surface area contributed by atoms with Gasteiger partial charge in [0.1, 0.15) is 19.0 Å². The molecule has 0 aliphatic heterocycles. The average molecular weight is 362 g/mol. The van der Waals surface area contributed by atoms with Crippen LogP contribution in [0, 0.1) is 0 Å². The zero-order chi connectivity index (χ0) is 18.1. The number of nitrogens with zero attached hydrogens (tertiary/aromatic N) is 1. The molecule has 5 nitrogen and oxygen atoms in total. The first-order valence-electron chi connectivity index (χ1n) is 7.69. The minimum Gasteiger partial charge on any atom is -0.493 e. The molecule has 132 valence electrons. The van der Waals surface area contributed by atoms with E-state index >= 15 is 0 Å². The SMILES string of the molecule is C=CCc1ccccc1OCCOc1c(Cl)cc(C=NO)cc1OC. The molecule has 6 heteroatoms. The summed E-state index contributed by atoms with van der Waals surface area (Å²) in [5, 5.41) is 12.0. The Hall–Kier alpha value is -2.66. The van der Waals surface area contributed by atoms with Crippen LogP contribution in [0.4, 0.5) is 0 Å². The summed E-state index contributed by atoms with van der Waals surface area (Å²) in [7, 11) is 1.51. The minimum absolute atomic E-state index is 0.298. The van der Waals surface area contributed by atoms with Crippen LogP contribution in [0.2, 0.25) is 5.02 Å². The van der Waals surface area contributed by atoms with E-state index in [4.69, 9.17) is 31.0 Å². The van der Waals surface area contributed by atoms with Crippen LogP contribution in [-0.2, 0) is 6.42 Å². The molecule has 0 saturated carbocycles. The van der Waals surface area contributed by atoms with Crippen LogP contribution in [0.25, 0.3) is 0 Å². The highest BCUT2D eigenvalue weighted by Crippen LogP contribution is 2.36. The molecule has 2 aromatic carbocycles. The molecule has 1 N–H and O–H groups in total. The van der Waals surface area contributed by atoms with Crippen molar-refractivity contribution < 1.29 is 19.4 Å². The third-order valence-electron chi connectivity index (χ3n) is 3.38. The standard InChI is InChI=1S/C19H20ClNO4/c1-3-6-15-7-4-5-8-17(15)24-9-10-25-19-16(20)11-14(13-21-22)12-18(19)23-2/h3-5,7-8,11-13,22H,1,6,9-10H2,2H3. The van der Waals surface area contributed by atoms with Crippen molar-refractivity contribution in [2.75, 3.05) is 20.3 Å². The second-order valence-electron chi connectivity index (χ2n) is 5.08. The molecule has 0 amide bonds. The predicted octanol–water partition coefficient (Wildman–Crippen LogP) is 4.34. The molecule has 0 bridgehead atoms. The van der Waals surface area contributed by atoms with Crippen LogP contribution in [0.5, 0.6) is 17.2 Å². The van der Waals surface area contributed by atoms with Crippen molar-refractivity contribution in [3.05, 3.63) is 65.2 Å². The first-order chi connectivity index (χ1) is 12.2. The van der Waals surface area contributed by atoms with Crippen molar-refractivity contribution >= 4 is 17.8 Å². The third-order valence-corrected chi connectivity index (χ3v) is 3.66. The van der Waals surface area contributed by atoms with E-state index in [-0.39, 0.29) is 0 Å². The topological polar surface area (TPSA) is 60.3 Å². The number of hydrogen-bond acceptors (Lipinski definition) is 5. The van der Waals surface area contributed by atoms with E-state index in [0.717, 1.165) is 17.7 Å². The van der Waals surface area contributed by atoms with Crippen molar-refractivity contribution in [1.29, 1.82) is 0 Å². The summed E-state index contributed by atoms with van der Waals surface area (Å²) in [6, 6.07) is 11.1. The van der Waals surface area contributed by atoms with Crippen LogP contribution < -0.4 is 14.2 Å². The summed E-state index contributed by atoms with van der Waals surface area (Å²) < 4.78 is 16.8. The lowest BCUT2D eigenvalue weighted by molar-refractivity contribution is 0.210. The number of oxime groups is 1. The molecule has 2 aromatic rings. The molecule has 0 radical (unpaired) electrons. The average Bonchev–Trinajstić information content (AvgIpc) is 2.61. The molecule has 0 heterocycles. The second-order valence-corrected chi connectivity index (χ2v) is 5.48. The van der Waals surface area contributed by atoms with E-state index in [2.05, 4.69) is 11.7 Å². The Morgan fingerprint density at radius 2 is 1.92 bits per heavy atom. The third kappa shape index (κ3) is 5.16. The van der Waals surface area contributed by atoms with Gasteiger partial charge in [0, 0.05) is 5.56 Å². The predicted molar refractivity (Wildman–Crippen MR) is 98.7 cm³/mol. The van der Waals surface area contributed by atoms with Gasteiger partial charge in [0.2, 0.25) is 0 Å². The van der Waals surface area contributed by atoms with E-state index in [0.29, 0.717) is 35.3 Å². The summed E-state index contributed by atoms with van der Waals surface area (Å²) in [6.45, 7) is 4.40. The molecule has 0 spiro atoms. The lowest BCUT2D eigenvalue weighted by Crippen LogP contribution is -2.11. The van der Waals surface area contributed by atoms with Crippen molar-refractivity contribution in [2.45, 2.75) is 6.42 Å². The zero-order valence-electron chi connectivity index (χ0n) is 13.9. The zero-order valence-corrected chi connectivity index (χ0v) is 14.7. The van der Waals surface area contributed by atoms with Gasteiger partial charge >= 0.3 is 0 Å². The summed E-state index contributed by atoms with van der Waals surface area (Å²) >= 11 is 6.21. The number of rotatable bonds is 9. The fourth-order valence-corrected chi connectivity index (χ4v) is 2.56. The maximum Gasteiger partial charge on any atom is 0.179 e. The van der Waals surface area contributed by atoms with E-state index in [1.807, 2.05) is 30.3 Å². The van der Waals surface area contributed by atoms with Gasteiger partial charge in [-0.2, -0.15) is 0 Å². The van der Waals surface area contributed by atoms with Crippen molar-refractivity contribution in [2.24, 2.45) is 5.16 Å². The quantitative estimate of drug-likeness (QED) is 0.237. The molecule has 0 aromatic heterocycles. The number of benzene rings is 2. The van der Waals surface area contributed by atoms with Gasteiger partial charge in [-0.3, -0.25) is 0 Å². The van der Waals surface area contributed by atoms with Crippen molar-refractivity contribution in [1.82, 2.24) is 0 Å². The van der Waals surface area contributed by atoms with Crippen molar-refractivity contribution in [3.63, 3.8) is 0 Å². The van der Waals surface area contributed by atoms with Gasteiger partial charge in [-0.25, -0.2) is 0 Å². The molecule has 25 heavy (non-hydrogen) atoms. The van der Waals surface area contributed by atoms with Crippen LogP contribution in [-0.4, -0.2) is 31.7 Å².